The van der Waals surface area contributed by atoms with Gasteiger partial charge >= 0.3 is 5.82 Å². The largest absolute Gasteiger partial charge is 0.367 e. The maximum absolute atomic E-state index is 10.8. The van der Waals surface area contributed by atoms with E-state index in [9.17, 15) is 15.0 Å². The van der Waals surface area contributed by atoms with Gasteiger partial charge in [0.15, 0.2) is 6.20 Å². The van der Waals surface area contributed by atoms with Crippen molar-refractivity contribution in [3.05, 3.63) is 33.4 Å². The lowest BCUT2D eigenvalue weighted by molar-refractivity contribution is -0.389. The highest BCUT2D eigenvalue weighted by Crippen LogP contribution is 2.29. The molecule has 1 aliphatic heterocycles. The Morgan fingerprint density at radius 1 is 1.24 bits per heavy atom. The molecule has 8 radical (unpaired) electrons. The molecule has 21 heavy (non-hydrogen) atoms. The monoisotopic (exact) mass is 277 g/mol. The van der Waals surface area contributed by atoms with Crippen molar-refractivity contribution in [1.29, 1.82) is 0 Å². The molecule has 2 rings (SSSR count). The molecule has 0 amide bonds. The molecule has 1 fully saturated rings. The number of hydrogen-bond donors (Lipinski definition) is 0. The van der Waals surface area contributed by atoms with Crippen molar-refractivity contribution in [3.8, 4) is 0 Å². The summed E-state index contributed by atoms with van der Waals surface area (Å²) in [6.07, 6.45) is 1.27. The van der Waals surface area contributed by atoms with Gasteiger partial charge < -0.3 is 15.0 Å². The summed E-state index contributed by atoms with van der Waals surface area (Å²) in [6, 6.07) is 2.68. The summed E-state index contributed by atoms with van der Waals surface area (Å²) < 4.78 is 0. The van der Waals surface area contributed by atoms with Crippen molar-refractivity contribution in [2.24, 2.45) is 5.29 Å². The van der Waals surface area contributed by atoms with Crippen molar-refractivity contribution < 1.29 is 4.92 Å². The Kier molecular flexibility index (Phi) is 3.73. The molecule has 1 aromatic rings. The van der Waals surface area contributed by atoms with E-state index in [0.717, 1.165) is 0 Å². The SMILES string of the molecule is [B]C1([B])CN(c2ccc([N+](=O)[O-])nc2)CC([B])([B])N1N=O. The molecule has 0 bridgehead atoms. The molecular weight excluding hydrogens is 269 g/mol. The summed E-state index contributed by atoms with van der Waals surface area (Å²) in [5.41, 5.74) is 0.478. The Hall–Kier alpha value is -1.99. The summed E-state index contributed by atoms with van der Waals surface area (Å²) in [6.45, 7) is -0.0389. The van der Waals surface area contributed by atoms with E-state index in [2.05, 4.69) is 10.3 Å². The van der Waals surface area contributed by atoms with Gasteiger partial charge in [-0.15, -0.1) is 4.91 Å². The molecule has 0 unspecified atom stereocenters. The quantitative estimate of drug-likeness (QED) is 0.297. The normalized spacial score (nSPS) is 20.0. The van der Waals surface area contributed by atoms with Gasteiger partial charge in [0.2, 0.25) is 0 Å². The molecule has 0 aliphatic carbocycles. The molecule has 98 valence electrons. The van der Waals surface area contributed by atoms with E-state index in [0.29, 0.717) is 10.7 Å². The van der Waals surface area contributed by atoms with Crippen LogP contribution >= 0.6 is 0 Å². The summed E-state index contributed by atoms with van der Waals surface area (Å²) in [5.74, 6) is -0.300. The Labute approximate surface area is 126 Å². The van der Waals surface area contributed by atoms with Gasteiger partial charge in [0.05, 0.1) is 42.4 Å². The average Bonchev–Trinajstić information content (AvgIpc) is 2.36. The number of aromatic nitrogens is 1. The summed E-state index contributed by atoms with van der Waals surface area (Å²) in [4.78, 5) is 26.0. The minimum Gasteiger partial charge on any atom is -0.367 e. The van der Waals surface area contributed by atoms with E-state index in [4.69, 9.17) is 31.4 Å². The van der Waals surface area contributed by atoms with Crippen LogP contribution in [0.3, 0.4) is 0 Å². The summed E-state index contributed by atoms with van der Waals surface area (Å²) >= 11 is 0. The van der Waals surface area contributed by atoms with E-state index >= 15 is 0 Å². The smallest absolute Gasteiger partial charge is 0.363 e. The topological polar surface area (TPSA) is 91.9 Å². The van der Waals surface area contributed by atoms with Crippen molar-refractivity contribution in [3.63, 3.8) is 0 Å². The molecule has 12 heteroatoms. The van der Waals surface area contributed by atoms with Crippen molar-refractivity contribution >= 4 is 42.9 Å². The van der Waals surface area contributed by atoms with Crippen LogP contribution in [0.5, 0.6) is 0 Å². The van der Waals surface area contributed by atoms with Gasteiger partial charge in [0.25, 0.3) is 0 Å². The van der Waals surface area contributed by atoms with Crippen LogP contribution in [0.15, 0.2) is 23.6 Å². The number of piperazine rings is 1. The zero-order chi connectivity index (χ0) is 15.8. The van der Waals surface area contributed by atoms with Crippen molar-refractivity contribution in [1.82, 2.24) is 9.99 Å². The molecule has 1 aromatic heterocycles. The van der Waals surface area contributed by atoms with Gasteiger partial charge in [-0.3, -0.25) is 5.01 Å². The number of pyridine rings is 1. The fourth-order valence-electron chi connectivity index (χ4n) is 2.20. The second kappa shape index (κ2) is 5.09. The van der Waals surface area contributed by atoms with Crippen LogP contribution in [0.1, 0.15) is 0 Å². The molecule has 1 aliphatic rings. The molecule has 0 atom stereocenters. The Balaban J connectivity index is 2.29. The first kappa shape index (κ1) is 15.4. The van der Waals surface area contributed by atoms with Crippen LogP contribution in [-0.4, -0.2) is 70.1 Å². The van der Waals surface area contributed by atoms with Gasteiger partial charge in [-0.05, 0) is 16.0 Å². The van der Waals surface area contributed by atoms with Crippen LogP contribution in [0.25, 0.3) is 0 Å². The highest BCUT2D eigenvalue weighted by Gasteiger charge is 2.43. The van der Waals surface area contributed by atoms with E-state index in [1.807, 2.05) is 0 Å². The number of rotatable bonds is 3. The number of nitroso groups, excluding NO2 is 1. The summed E-state index contributed by atoms with van der Waals surface area (Å²) in [7, 11) is 23.2. The Morgan fingerprint density at radius 3 is 2.19 bits per heavy atom. The lowest BCUT2D eigenvalue weighted by atomic mass is 9.51. The van der Waals surface area contributed by atoms with E-state index in [1.165, 1.54) is 18.3 Å². The van der Waals surface area contributed by atoms with Gasteiger partial charge in [-0.25, -0.2) is 0 Å². The second-order valence-electron chi connectivity index (χ2n) is 4.86. The minimum atomic E-state index is -1.69. The maximum atomic E-state index is 10.8. The van der Waals surface area contributed by atoms with Crippen molar-refractivity contribution in [2.75, 3.05) is 18.0 Å². The zero-order valence-corrected chi connectivity index (χ0v) is 10.9. The molecule has 0 N–H and O–H groups in total. The summed E-state index contributed by atoms with van der Waals surface area (Å²) in [5, 5.41) is 10.6. The Bertz CT molecular complexity index is 549. The fraction of sp³-hybridized carbons (Fsp3) is 0.444. The van der Waals surface area contributed by atoms with Crippen molar-refractivity contribution in [2.45, 2.75) is 10.7 Å². The molecule has 1 saturated heterocycles. The first-order valence-corrected chi connectivity index (χ1v) is 5.82. The lowest BCUT2D eigenvalue weighted by Gasteiger charge is -2.55. The van der Waals surface area contributed by atoms with E-state index in [1.54, 1.807) is 4.90 Å². The number of nitro groups is 1. The maximum Gasteiger partial charge on any atom is 0.363 e. The third-order valence-electron chi connectivity index (χ3n) is 3.04. The van der Waals surface area contributed by atoms with Gasteiger partial charge in [0, 0.05) is 29.8 Å². The van der Waals surface area contributed by atoms with Crippen LogP contribution < -0.4 is 4.90 Å². The van der Waals surface area contributed by atoms with E-state index in [-0.39, 0.29) is 18.9 Å². The zero-order valence-electron chi connectivity index (χ0n) is 10.9. The fourth-order valence-corrected chi connectivity index (χ4v) is 2.20. The Morgan fingerprint density at radius 2 is 1.81 bits per heavy atom. The molecule has 0 aromatic carbocycles. The molecule has 2 heterocycles. The molecule has 8 nitrogen and oxygen atoms in total. The first-order chi connectivity index (χ1) is 9.67. The second-order valence-corrected chi connectivity index (χ2v) is 4.86. The third kappa shape index (κ3) is 2.88. The van der Waals surface area contributed by atoms with Gasteiger partial charge in [0.1, 0.15) is 0 Å². The minimum absolute atomic E-state index is 0.0195. The molecule has 0 saturated carbocycles. The molecule has 0 spiro atoms. The van der Waals surface area contributed by atoms with Crippen LogP contribution in [0.2, 0.25) is 0 Å². The lowest BCUT2D eigenvalue weighted by Crippen LogP contribution is -2.72. The predicted octanol–water partition coefficient (Wildman–Crippen LogP) is -1.23. The highest BCUT2D eigenvalue weighted by atomic mass is 16.6. The van der Waals surface area contributed by atoms with Crippen LogP contribution in [-0.2, 0) is 0 Å². The van der Waals surface area contributed by atoms with Gasteiger partial charge in [-0.2, -0.15) is 0 Å². The standard InChI is InChI=1S/C9H7B4N5O3/c10-8(11)4-16(5-9(12,13)18(8)15-19)6-1-2-7(14-3-6)17(20)21/h1-3H,4-5H2. The number of anilines is 1. The highest BCUT2D eigenvalue weighted by molar-refractivity contribution is 6.45. The van der Waals surface area contributed by atoms with E-state index < -0.39 is 15.6 Å². The predicted molar refractivity (Wildman–Crippen MR) is 79.2 cm³/mol. The van der Waals surface area contributed by atoms with Gasteiger partial charge in [-0.1, -0.05) is 0 Å². The number of hydrogen-bond acceptors (Lipinski definition) is 6. The average molecular weight is 276 g/mol. The number of nitrogens with zero attached hydrogens (tertiary/aromatic N) is 5. The van der Waals surface area contributed by atoms with Crippen LogP contribution in [0, 0.1) is 15.0 Å². The molecular formula is C9H7B4N5O3. The third-order valence-corrected chi connectivity index (χ3v) is 3.04. The van der Waals surface area contributed by atoms with Crippen LogP contribution in [0.4, 0.5) is 11.5 Å². The first-order valence-electron chi connectivity index (χ1n) is 5.82.